The van der Waals surface area contributed by atoms with E-state index in [2.05, 4.69) is 4.72 Å². The van der Waals surface area contributed by atoms with E-state index in [1.165, 1.54) is 0 Å². The highest BCUT2D eigenvalue weighted by atomic mass is 32.2. The Bertz CT molecular complexity index is 504. The Hall–Kier alpha value is -0.910. The van der Waals surface area contributed by atoms with Gasteiger partial charge in [-0.2, -0.15) is 0 Å². The molecule has 0 amide bonds. The second kappa shape index (κ2) is 4.99. The summed E-state index contributed by atoms with van der Waals surface area (Å²) in [6.07, 6.45) is 2.67. The maximum Gasteiger partial charge on any atom is 0.240 e. The highest BCUT2D eigenvalue weighted by molar-refractivity contribution is 7.89. The van der Waals surface area contributed by atoms with Crippen LogP contribution in [0.15, 0.2) is 29.2 Å². The highest BCUT2D eigenvalue weighted by Gasteiger charge is 2.42. The van der Waals surface area contributed by atoms with Crippen LogP contribution in [0.2, 0.25) is 0 Å². The fraction of sp³-hybridized carbons (Fsp3) is 0.538. The molecule has 1 aliphatic rings. The molecule has 18 heavy (non-hydrogen) atoms. The van der Waals surface area contributed by atoms with Crippen LogP contribution in [0.1, 0.15) is 25.3 Å². The molecule has 4 nitrogen and oxygen atoms in total. The van der Waals surface area contributed by atoms with E-state index < -0.39 is 10.0 Å². The van der Waals surface area contributed by atoms with E-state index in [-0.39, 0.29) is 16.9 Å². The first kappa shape index (κ1) is 13.5. The number of hydrogen-bond acceptors (Lipinski definition) is 3. The zero-order valence-corrected chi connectivity index (χ0v) is 11.3. The largest absolute Gasteiger partial charge is 0.396 e. The van der Waals surface area contributed by atoms with E-state index in [4.69, 9.17) is 5.11 Å². The molecule has 0 heterocycles. The van der Waals surface area contributed by atoms with Crippen molar-refractivity contribution < 1.29 is 13.5 Å². The second-order valence-corrected chi connectivity index (χ2v) is 6.75. The summed E-state index contributed by atoms with van der Waals surface area (Å²) in [5.41, 5.74) is 0.902. The monoisotopic (exact) mass is 269 g/mol. The van der Waals surface area contributed by atoms with E-state index >= 15 is 0 Å². The van der Waals surface area contributed by atoms with Crippen molar-refractivity contribution >= 4 is 10.0 Å². The molecule has 0 radical (unpaired) electrons. The lowest BCUT2D eigenvalue weighted by atomic mass is 10.1. The van der Waals surface area contributed by atoms with Gasteiger partial charge in [-0.3, -0.25) is 0 Å². The van der Waals surface area contributed by atoms with Gasteiger partial charge in [0.2, 0.25) is 10.0 Å². The third-order valence-electron chi connectivity index (χ3n) is 3.57. The van der Waals surface area contributed by atoms with Crippen LogP contribution in [-0.4, -0.2) is 26.7 Å². The van der Waals surface area contributed by atoms with Crippen molar-refractivity contribution in [2.75, 3.05) is 13.2 Å². The summed E-state index contributed by atoms with van der Waals surface area (Å²) in [7, 11) is -3.45. The van der Waals surface area contributed by atoms with Gasteiger partial charge in [0.1, 0.15) is 0 Å². The molecule has 0 aromatic heterocycles. The lowest BCUT2D eigenvalue weighted by molar-refractivity contribution is 0.213. The smallest absolute Gasteiger partial charge is 0.240 e. The first-order valence-corrected chi connectivity index (χ1v) is 7.69. The minimum atomic E-state index is -3.45. The summed E-state index contributed by atoms with van der Waals surface area (Å²) >= 11 is 0. The number of aliphatic hydroxyl groups is 1. The number of rotatable bonds is 6. The van der Waals surface area contributed by atoms with E-state index in [0.717, 1.165) is 24.8 Å². The summed E-state index contributed by atoms with van der Waals surface area (Å²) in [6.45, 7) is 2.39. The van der Waals surface area contributed by atoms with Gasteiger partial charge >= 0.3 is 0 Å². The molecular weight excluding hydrogens is 250 g/mol. The van der Waals surface area contributed by atoms with Crippen molar-refractivity contribution in [2.45, 2.75) is 31.1 Å². The summed E-state index contributed by atoms with van der Waals surface area (Å²) in [6, 6.07) is 6.90. The first-order chi connectivity index (χ1) is 8.51. The topological polar surface area (TPSA) is 66.4 Å². The average Bonchev–Trinajstić information content (AvgIpc) is 3.17. The minimum Gasteiger partial charge on any atom is -0.396 e. The van der Waals surface area contributed by atoms with Gasteiger partial charge in [-0.05, 0) is 37.0 Å². The molecule has 0 saturated heterocycles. The maximum absolute atomic E-state index is 12.0. The third-order valence-corrected chi connectivity index (χ3v) is 4.99. The lowest BCUT2D eigenvalue weighted by Crippen LogP contribution is -2.31. The number of hydrogen-bond donors (Lipinski definition) is 2. The number of benzene rings is 1. The molecule has 0 unspecified atom stereocenters. The van der Waals surface area contributed by atoms with Crippen molar-refractivity contribution in [3.8, 4) is 0 Å². The molecule has 1 fully saturated rings. The fourth-order valence-corrected chi connectivity index (χ4v) is 2.96. The lowest BCUT2D eigenvalue weighted by Gasteiger charge is -2.13. The second-order valence-electron chi connectivity index (χ2n) is 4.98. The third kappa shape index (κ3) is 2.91. The molecular formula is C13H19NO3S. The van der Waals surface area contributed by atoms with Crippen molar-refractivity contribution in [3.05, 3.63) is 29.8 Å². The molecule has 2 rings (SSSR count). The van der Waals surface area contributed by atoms with E-state index in [1.54, 1.807) is 12.1 Å². The highest BCUT2D eigenvalue weighted by Crippen LogP contribution is 2.44. The van der Waals surface area contributed by atoms with Gasteiger partial charge in [-0.15, -0.1) is 0 Å². The van der Waals surface area contributed by atoms with E-state index in [9.17, 15) is 8.42 Å². The van der Waals surface area contributed by atoms with Crippen LogP contribution < -0.4 is 4.72 Å². The van der Waals surface area contributed by atoms with Crippen LogP contribution in [0.25, 0.3) is 0 Å². The average molecular weight is 269 g/mol. The zero-order chi connectivity index (χ0) is 13.2. The zero-order valence-electron chi connectivity index (χ0n) is 10.5. The van der Waals surface area contributed by atoms with Crippen LogP contribution in [0.5, 0.6) is 0 Å². The molecule has 1 saturated carbocycles. The normalized spacial score (nSPS) is 17.7. The number of aryl methyl sites for hydroxylation is 1. The molecule has 0 aliphatic heterocycles. The molecule has 2 N–H and O–H groups in total. The maximum atomic E-state index is 12.0. The van der Waals surface area contributed by atoms with Crippen LogP contribution in [-0.2, 0) is 16.4 Å². The molecule has 5 heteroatoms. The SMILES string of the molecule is CCc1ccc(S(=O)(=O)NCC2(CO)CC2)cc1. The Morgan fingerprint density at radius 3 is 2.33 bits per heavy atom. The Kier molecular flexibility index (Phi) is 3.75. The van der Waals surface area contributed by atoms with Crippen molar-refractivity contribution in [3.63, 3.8) is 0 Å². The summed E-state index contributed by atoms with van der Waals surface area (Å²) in [5, 5.41) is 9.16. The van der Waals surface area contributed by atoms with Gasteiger partial charge in [0.25, 0.3) is 0 Å². The molecule has 0 atom stereocenters. The first-order valence-electron chi connectivity index (χ1n) is 6.21. The summed E-state index contributed by atoms with van der Waals surface area (Å²) in [5.74, 6) is 0. The number of nitrogens with one attached hydrogen (secondary N) is 1. The predicted molar refractivity (Wildman–Crippen MR) is 69.8 cm³/mol. The van der Waals surface area contributed by atoms with Crippen molar-refractivity contribution in [2.24, 2.45) is 5.41 Å². The molecule has 0 bridgehead atoms. The van der Waals surface area contributed by atoms with Crippen molar-refractivity contribution in [1.29, 1.82) is 0 Å². The number of sulfonamides is 1. The summed E-state index contributed by atoms with van der Waals surface area (Å²) in [4.78, 5) is 0.286. The van der Waals surface area contributed by atoms with Gasteiger partial charge in [0.15, 0.2) is 0 Å². The molecule has 1 aliphatic carbocycles. The predicted octanol–water partition coefficient (Wildman–Crippen LogP) is 1.30. The van der Waals surface area contributed by atoms with Gasteiger partial charge in [-0.25, -0.2) is 13.1 Å². The Morgan fingerprint density at radius 1 is 1.28 bits per heavy atom. The van der Waals surface area contributed by atoms with Gasteiger partial charge in [-0.1, -0.05) is 19.1 Å². The molecule has 1 aromatic carbocycles. The van der Waals surface area contributed by atoms with Crippen LogP contribution >= 0.6 is 0 Å². The Labute approximate surface area is 108 Å². The van der Waals surface area contributed by atoms with E-state index in [1.807, 2.05) is 19.1 Å². The van der Waals surface area contributed by atoms with Gasteiger partial charge < -0.3 is 5.11 Å². The van der Waals surface area contributed by atoms with Crippen LogP contribution in [0.3, 0.4) is 0 Å². The Morgan fingerprint density at radius 2 is 1.89 bits per heavy atom. The molecule has 100 valence electrons. The standard InChI is InChI=1S/C13H19NO3S/c1-2-11-3-5-12(6-4-11)18(16,17)14-9-13(10-15)7-8-13/h3-6,14-15H,2,7-10H2,1H3. The fourth-order valence-electron chi connectivity index (χ4n) is 1.80. The van der Waals surface area contributed by atoms with Gasteiger partial charge in [0, 0.05) is 18.6 Å². The van der Waals surface area contributed by atoms with Crippen LogP contribution in [0.4, 0.5) is 0 Å². The van der Waals surface area contributed by atoms with Crippen molar-refractivity contribution in [1.82, 2.24) is 4.72 Å². The van der Waals surface area contributed by atoms with E-state index in [0.29, 0.717) is 6.54 Å². The summed E-state index contributed by atoms with van der Waals surface area (Å²) < 4.78 is 26.6. The quantitative estimate of drug-likeness (QED) is 0.818. The molecule has 1 aromatic rings. The van der Waals surface area contributed by atoms with Crippen LogP contribution in [0, 0.1) is 5.41 Å². The molecule has 0 spiro atoms. The Balaban J connectivity index is 2.05. The number of aliphatic hydroxyl groups excluding tert-OH is 1. The van der Waals surface area contributed by atoms with Gasteiger partial charge in [0.05, 0.1) is 4.90 Å². The minimum absolute atomic E-state index is 0.0459.